The molecule has 0 spiro atoms. The van der Waals surface area contributed by atoms with E-state index >= 15 is 0 Å². The van der Waals surface area contributed by atoms with Crippen molar-refractivity contribution in [3.8, 4) is 0 Å². The number of nitrogens with one attached hydrogen (secondary N) is 1. The molecule has 3 rings (SSSR count). The van der Waals surface area contributed by atoms with Gasteiger partial charge in [0.15, 0.2) is 6.29 Å². The molecule has 2 heterocycles. The van der Waals surface area contributed by atoms with E-state index in [4.69, 9.17) is 16.4 Å². The maximum absolute atomic E-state index is 11.1. The van der Waals surface area contributed by atoms with Crippen LogP contribution in [0.25, 0.3) is 11.0 Å². The zero-order valence-corrected chi connectivity index (χ0v) is 14.5. The number of aromatic nitrogens is 3. The van der Waals surface area contributed by atoms with Gasteiger partial charge in [-0.15, -0.1) is 0 Å². The van der Waals surface area contributed by atoms with Crippen LogP contribution in [0.5, 0.6) is 0 Å². The Labute approximate surface area is 141 Å². The van der Waals surface area contributed by atoms with E-state index in [9.17, 15) is 4.79 Å². The van der Waals surface area contributed by atoms with Crippen LogP contribution >= 0.6 is 11.6 Å². The zero-order valence-electron chi connectivity index (χ0n) is 13.8. The minimum Gasteiger partial charge on any atom is -0.362 e. The first-order valence-electron chi connectivity index (χ1n) is 7.80. The standard InChI is InChI=1S/C12H12ClN3O.C2H5NO.C2H6/c13-12-14-6-8-5-10(7-17)16(11(8)15-12)9-3-1-2-4-9;1-3-2-4;1-2/h5-7,9H,1-4H2;2H,1H3,(H,3,4);1-2H3. The van der Waals surface area contributed by atoms with E-state index in [1.807, 2.05) is 24.5 Å². The van der Waals surface area contributed by atoms with Crippen molar-refractivity contribution in [2.75, 3.05) is 7.05 Å². The number of carbonyl (C=O) groups is 2. The fourth-order valence-corrected chi connectivity index (χ4v) is 2.77. The number of nitrogens with zero attached hydrogens (tertiary/aromatic N) is 3. The first-order chi connectivity index (χ1) is 11.2. The topological polar surface area (TPSA) is 76.9 Å². The van der Waals surface area contributed by atoms with Crippen molar-refractivity contribution < 1.29 is 9.59 Å². The molecule has 6 nitrogen and oxygen atoms in total. The normalized spacial score (nSPS) is 13.6. The molecule has 0 radical (unpaired) electrons. The predicted molar refractivity (Wildman–Crippen MR) is 91.9 cm³/mol. The van der Waals surface area contributed by atoms with Crippen molar-refractivity contribution >= 4 is 35.3 Å². The number of aldehydes is 1. The Hall–Kier alpha value is -1.95. The molecule has 1 fully saturated rings. The maximum atomic E-state index is 11.1. The van der Waals surface area contributed by atoms with Gasteiger partial charge in [-0.05, 0) is 30.5 Å². The number of hydrogen-bond acceptors (Lipinski definition) is 4. The average Bonchev–Trinajstić information content (AvgIpc) is 3.23. The summed E-state index contributed by atoms with van der Waals surface area (Å²) in [5, 5.41) is 3.36. The van der Waals surface area contributed by atoms with E-state index in [1.54, 1.807) is 13.2 Å². The summed E-state index contributed by atoms with van der Waals surface area (Å²) >= 11 is 5.83. The molecule has 1 amide bonds. The van der Waals surface area contributed by atoms with E-state index < -0.39 is 0 Å². The van der Waals surface area contributed by atoms with Gasteiger partial charge in [-0.25, -0.2) is 4.98 Å². The maximum Gasteiger partial charge on any atom is 0.224 e. The number of rotatable bonds is 3. The van der Waals surface area contributed by atoms with Gasteiger partial charge in [0, 0.05) is 24.7 Å². The quantitative estimate of drug-likeness (QED) is 0.687. The molecule has 23 heavy (non-hydrogen) atoms. The molecular formula is C16H23ClN4O2. The van der Waals surface area contributed by atoms with E-state index in [-0.39, 0.29) is 5.28 Å². The van der Waals surface area contributed by atoms with Crippen molar-refractivity contribution in [1.29, 1.82) is 0 Å². The number of halogens is 1. The summed E-state index contributed by atoms with van der Waals surface area (Å²) in [4.78, 5) is 28.4. The van der Waals surface area contributed by atoms with Crippen molar-refractivity contribution in [1.82, 2.24) is 19.9 Å². The van der Waals surface area contributed by atoms with Gasteiger partial charge >= 0.3 is 0 Å². The van der Waals surface area contributed by atoms with Crippen LogP contribution < -0.4 is 5.32 Å². The molecule has 2 aromatic heterocycles. The highest BCUT2D eigenvalue weighted by Crippen LogP contribution is 2.33. The second-order valence-corrected chi connectivity index (χ2v) is 5.16. The van der Waals surface area contributed by atoms with Crippen LogP contribution in [0.3, 0.4) is 0 Å². The lowest BCUT2D eigenvalue weighted by Crippen LogP contribution is -2.08. The first kappa shape index (κ1) is 19.1. The number of fused-ring (bicyclic) bond motifs is 1. The molecule has 7 heteroatoms. The molecule has 126 valence electrons. The molecule has 2 aromatic rings. The molecule has 0 unspecified atom stereocenters. The molecule has 1 N–H and O–H groups in total. The van der Waals surface area contributed by atoms with Crippen LogP contribution in [0.4, 0.5) is 0 Å². The zero-order chi connectivity index (χ0) is 17.2. The van der Waals surface area contributed by atoms with Gasteiger partial charge in [-0.1, -0.05) is 26.7 Å². The third-order valence-corrected chi connectivity index (χ3v) is 3.69. The van der Waals surface area contributed by atoms with Crippen LogP contribution in [0, 0.1) is 0 Å². The Morgan fingerprint density at radius 3 is 2.43 bits per heavy atom. The molecule has 0 atom stereocenters. The summed E-state index contributed by atoms with van der Waals surface area (Å²) in [6.45, 7) is 4.00. The molecule has 0 bridgehead atoms. The van der Waals surface area contributed by atoms with Crippen LogP contribution in [0.1, 0.15) is 56.1 Å². The lowest BCUT2D eigenvalue weighted by atomic mass is 10.2. The third-order valence-electron chi connectivity index (χ3n) is 3.50. The predicted octanol–water partition coefficient (Wildman–Crippen LogP) is 3.40. The minimum absolute atomic E-state index is 0.229. The fraction of sp³-hybridized carbons (Fsp3) is 0.500. The van der Waals surface area contributed by atoms with Crippen LogP contribution in [0.2, 0.25) is 5.28 Å². The Morgan fingerprint density at radius 1 is 1.30 bits per heavy atom. The summed E-state index contributed by atoms with van der Waals surface area (Å²) < 4.78 is 2.02. The largest absolute Gasteiger partial charge is 0.362 e. The summed E-state index contributed by atoms with van der Waals surface area (Å²) in [6.07, 6.45) is 7.80. The van der Waals surface area contributed by atoms with E-state index in [1.165, 1.54) is 12.8 Å². The summed E-state index contributed by atoms with van der Waals surface area (Å²) in [5.41, 5.74) is 1.45. The van der Waals surface area contributed by atoms with Gasteiger partial charge in [0.2, 0.25) is 11.7 Å². The van der Waals surface area contributed by atoms with Gasteiger partial charge in [0.25, 0.3) is 0 Å². The number of carbonyl (C=O) groups excluding carboxylic acids is 2. The van der Waals surface area contributed by atoms with Gasteiger partial charge in [0.1, 0.15) is 5.65 Å². The lowest BCUT2D eigenvalue weighted by molar-refractivity contribution is -0.109. The first-order valence-corrected chi connectivity index (χ1v) is 8.18. The van der Waals surface area contributed by atoms with Crippen molar-refractivity contribution in [2.24, 2.45) is 0 Å². The summed E-state index contributed by atoms with van der Waals surface area (Å²) in [7, 11) is 1.56. The summed E-state index contributed by atoms with van der Waals surface area (Å²) in [6, 6.07) is 2.20. The number of amides is 1. The molecule has 0 aliphatic heterocycles. The van der Waals surface area contributed by atoms with Crippen LogP contribution in [-0.2, 0) is 4.79 Å². The van der Waals surface area contributed by atoms with E-state index in [0.29, 0.717) is 18.1 Å². The summed E-state index contributed by atoms with van der Waals surface area (Å²) in [5.74, 6) is 0. The van der Waals surface area contributed by atoms with Gasteiger partial charge < -0.3 is 9.88 Å². The van der Waals surface area contributed by atoms with Gasteiger partial charge in [-0.3, -0.25) is 9.59 Å². The highest BCUT2D eigenvalue weighted by molar-refractivity contribution is 6.28. The highest BCUT2D eigenvalue weighted by Gasteiger charge is 2.22. The second kappa shape index (κ2) is 9.94. The Kier molecular flexibility index (Phi) is 8.26. The van der Waals surface area contributed by atoms with E-state index in [2.05, 4.69) is 15.3 Å². The van der Waals surface area contributed by atoms with Gasteiger partial charge in [-0.2, -0.15) is 4.98 Å². The van der Waals surface area contributed by atoms with E-state index in [0.717, 1.165) is 30.2 Å². The molecule has 0 aromatic carbocycles. The van der Waals surface area contributed by atoms with Crippen LogP contribution in [-0.4, -0.2) is 34.3 Å². The monoisotopic (exact) mass is 338 g/mol. The van der Waals surface area contributed by atoms with Gasteiger partial charge in [0.05, 0.1) is 5.69 Å². The Balaban J connectivity index is 0.000000388. The average molecular weight is 339 g/mol. The Bertz CT molecular complexity index is 636. The van der Waals surface area contributed by atoms with Crippen molar-refractivity contribution in [2.45, 2.75) is 45.6 Å². The Morgan fingerprint density at radius 2 is 1.91 bits per heavy atom. The second-order valence-electron chi connectivity index (χ2n) is 4.82. The van der Waals surface area contributed by atoms with Crippen molar-refractivity contribution in [3.05, 3.63) is 23.2 Å². The highest BCUT2D eigenvalue weighted by atomic mass is 35.5. The lowest BCUT2D eigenvalue weighted by Gasteiger charge is -2.14. The molecule has 1 aliphatic rings. The third kappa shape index (κ3) is 4.76. The molecular weight excluding hydrogens is 316 g/mol. The van der Waals surface area contributed by atoms with Crippen LogP contribution in [0.15, 0.2) is 12.3 Å². The molecule has 0 saturated heterocycles. The smallest absolute Gasteiger partial charge is 0.224 e. The SMILES string of the molecule is CC.CNC=O.O=Cc1cc2cnc(Cl)nc2n1C1CCCC1. The molecule has 1 aliphatic carbocycles. The fourth-order valence-electron chi connectivity index (χ4n) is 2.64. The number of hydrogen-bond donors (Lipinski definition) is 1. The minimum atomic E-state index is 0.229. The van der Waals surface area contributed by atoms with Crippen molar-refractivity contribution in [3.63, 3.8) is 0 Å². The molecule has 1 saturated carbocycles.